The third-order valence-electron chi connectivity index (χ3n) is 4.01. The van der Waals surface area contributed by atoms with Crippen molar-refractivity contribution in [3.8, 4) is 17.0 Å². The number of hydrogen-bond donors (Lipinski definition) is 1. The monoisotopic (exact) mass is 370 g/mol. The number of rotatable bonds is 4. The molecular formula is C19H15ClN2O2S. The van der Waals surface area contributed by atoms with Gasteiger partial charge >= 0.3 is 0 Å². The molecule has 4 nitrogen and oxygen atoms in total. The van der Waals surface area contributed by atoms with Crippen LogP contribution in [0.4, 0.5) is 5.13 Å². The summed E-state index contributed by atoms with van der Waals surface area (Å²) in [5.41, 5.74) is 4.02. The third-order valence-corrected chi connectivity index (χ3v) is 5.02. The van der Waals surface area contributed by atoms with Gasteiger partial charge in [0.05, 0.1) is 18.7 Å². The van der Waals surface area contributed by atoms with Gasteiger partial charge in [-0.25, -0.2) is 4.98 Å². The van der Waals surface area contributed by atoms with Gasteiger partial charge in [-0.2, -0.15) is 0 Å². The van der Waals surface area contributed by atoms with Crippen LogP contribution in [0.1, 0.15) is 11.1 Å². The average Bonchev–Trinajstić information content (AvgIpc) is 3.25. The van der Waals surface area contributed by atoms with Crippen LogP contribution in [0.15, 0.2) is 47.8 Å². The molecule has 1 aliphatic heterocycles. The van der Waals surface area contributed by atoms with Crippen molar-refractivity contribution in [2.24, 2.45) is 0 Å². The van der Waals surface area contributed by atoms with Crippen LogP contribution < -0.4 is 10.1 Å². The van der Waals surface area contributed by atoms with E-state index in [0.717, 1.165) is 35.6 Å². The van der Waals surface area contributed by atoms with Crippen molar-refractivity contribution in [1.82, 2.24) is 4.98 Å². The maximum atomic E-state index is 12.2. The third kappa shape index (κ3) is 3.67. The molecule has 0 atom stereocenters. The molecule has 0 saturated carbocycles. The van der Waals surface area contributed by atoms with Crippen LogP contribution in [0.25, 0.3) is 11.3 Å². The van der Waals surface area contributed by atoms with Crippen molar-refractivity contribution in [1.29, 1.82) is 0 Å². The molecule has 4 rings (SSSR count). The molecule has 2 heterocycles. The largest absolute Gasteiger partial charge is 0.493 e. The molecule has 25 heavy (non-hydrogen) atoms. The lowest BCUT2D eigenvalue weighted by Gasteiger charge is -2.03. The molecule has 0 spiro atoms. The van der Waals surface area contributed by atoms with E-state index in [2.05, 4.69) is 16.4 Å². The highest BCUT2D eigenvalue weighted by Gasteiger charge is 2.14. The van der Waals surface area contributed by atoms with Crippen molar-refractivity contribution >= 4 is 34.0 Å². The Labute approximate surface area is 154 Å². The number of hydrogen-bond acceptors (Lipinski definition) is 4. The summed E-state index contributed by atoms with van der Waals surface area (Å²) in [6, 6.07) is 13.3. The van der Waals surface area contributed by atoms with Crippen molar-refractivity contribution in [3.63, 3.8) is 0 Å². The number of thiazole rings is 1. The van der Waals surface area contributed by atoms with Crippen LogP contribution in [0.5, 0.6) is 5.75 Å². The van der Waals surface area contributed by atoms with Gasteiger partial charge in [0.15, 0.2) is 5.13 Å². The zero-order chi connectivity index (χ0) is 17.2. The molecule has 1 aliphatic rings. The minimum absolute atomic E-state index is 0.0921. The van der Waals surface area contributed by atoms with Crippen LogP contribution in [0.2, 0.25) is 5.02 Å². The fourth-order valence-corrected chi connectivity index (χ4v) is 3.62. The van der Waals surface area contributed by atoms with Gasteiger partial charge in [0.25, 0.3) is 0 Å². The van der Waals surface area contributed by atoms with E-state index in [-0.39, 0.29) is 5.91 Å². The Hall–Kier alpha value is -2.37. The summed E-state index contributed by atoms with van der Waals surface area (Å²) in [5, 5.41) is 6.08. The van der Waals surface area contributed by atoms with Gasteiger partial charge in [0.2, 0.25) is 5.91 Å². The first kappa shape index (κ1) is 16.1. The number of carbonyl (C=O) groups excluding carboxylic acids is 1. The molecule has 0 unspecified atom stereocenters. The topological polar surface area (TPSA) is 51.2 Å². The first-order valence-electron chi connectivity index (χ1n) is 7.93. The normalized spacial score (nSPS) is 12.5. The Morgan fingerprint density at radius 3 is 2.92 bits per heavy atom. The predicted molar refractivity (Wildman–Crippen MR) is 101 cm³/mol. The highest BCUT2D eigenvalue weighted by molar-refractivity contribution is 7.14. The molecule has 0 saturated heterocycles. The maximum absolute atomic E-state index is 12.2. The van der Waals surface area contributed by atoms with E-state index in [1.165, 1.54) is 16.9 Å². The number of benzene rings is 2. The van der Waals surface area contributed by atoms with Crippen molar-refractivity contribution in [2.75, 3.05) is 11.9 Å². The molecule has 3 aromatic rings. The van der Waals surface area contributed by atoms with Crippen LogP contribution in [-0.2, 0) is 17.6 Å². The number of ether oxygens (including phenoxy) is 1. The van der Waals surface area contributed by atoms with Crippen LogP contribution in [0, 0.1) is 0 Å². The van der Waals surface area contributed by atoms with E-state index in [1.807, 2.05) is 29.6 Å². The molecule has 0 radical (unpaired) electrons. The second kappa shape index (κ2) is 6.86. The van der Waals surface area contributed by atoms with E-state index in [0.29, 0.717) is 16.6 Å². The number of anilines is 1. The highest BCUT2D eigenvalue weighted by atomic mass is 35.5. The molecular weight excluding hydrogens is 356 g/mol. The van der Waals surface area contributed by atoms with Crippen LogP contribution >= 0.6 is 22.9 Å². The Bertz CT molecular complexity index is 921. The highest BCUT2D eigenvalue weighted by Crippen LogP contribution is 2.31. The van der Waals surface area contributed by atoms with E-state index in [1.54, 1.807) is 12.1 Å². The molecule has 2 aromatic carbocycles. The predicted octanol–water partition coefficient (Wildman–Crippen LogP) is 4.58. The lowest BCUT2D eigenvalue weighted by atomic mass is 10.1. The second-order valence-corrected chi connectivity index (χ2v) is 7.10. The molecule has 0 aliphatic carbocycles. The summed E-state index contributed by atoms with van der Waals surface area (Å²) in [6.45, 7) is 0.738. The van der Waals surface area contributed by atoms with Gasteiger partial charge in [-0.3, -0.25) is 4.79 Å². The smallest absolute Gasteiger partial charge is 0.230 e. The minimum atomic E-state index is -0.0921. The Morgan fingerprint density at radius 2 is 2.08 bits per heavy atom. The van der Waals surface area contributed by atoms with Crippen molar-refractivity contribution in [2.45, 2.75) is 12.8 Å². The standard InChI is InChI=1S/C19H15ClN2O2S/c20-15-4-1-12(2-5-15)9-18(23)22-19-21-16(11-25-19)13-3-6-17-14(10-13)7-8-24-17/h1-6,10-11H,7-9H2,(H,21,22,23). The minimum Gasteiger partial charge on any atom is -0.493 e. The number of nitrogens with zero attached hydrogens (tertiary/aromatic N) is 1. The quantitative estimate of drug-likeness (QED) is 0.731. The number of carbonyl (C=O) groups is 1. The van der Waals surface area contributed by atoms with E-state index < -0.39 is 0 Å². The number of nitrogens with one attached hydrogen (secondary N) is 1. The fraction of sp³-hybridized carbons (Fsp3) is 0.158. The zero-order valence-electron chi connectivity index (χ0n) is 13.3. The van der Waals surface area contributed by atoms with Gasteiger partial charge in [-0.15, -0.1) is 11.3 Å². The van der Waals surface area contributed by atoms with Gasteiger partial charge in [-0.1, -0.05) is 23.7 Å². The number of aromatic nitrogens is 1. The van der Waals surface area contributed by atoms with Crippen molar-refractivity contribution < 1.29 is 9.53 Å². The molecule has 1 amide bonds. The van der Waals surface area contributed by atoms with E-state index in [4.69, 9.17) is 16.3 Å². The Balaban J connectivity index is 1.44. The van der Waals surface area contributed by atoms with Crippen LogP contribution in [-0.4, -0.2) is 17.5 Å². The molecule has 126 valence electrons. The molecule has 1 aromatic heterocycles. The van der Waals surface area contributed by atoms with Gasteiger partial charge < -0.3 is 10.1 Å². The Morgan fingerprint density at radius 1 is 1.24 bits per heavy atom. The summed E-state index contributed by atoms with van der Waals surface area (Å²) in [4.78, 5) is 16.7. The molecule has 0 fully saturated rings. The lowest BCUT2D eigenvalue weighted by Crippen LogP contribution is -2.14. The average molecular weight is 371 g/mol. The van der Waals surface area contributed by atoms with Crippen LogP contribution in [0.3, 0.4) is 0 Å². The first-order chi connectivity index (χ1) is 12.2. The number of amides is 1. The summed E-state index contributed by atoms with van der Waals surface area (Å²) in [7, 11) is 0. The fourth-order valence-electron chi connectivity index (χ4n) is 2.76. The SMILES string of the molecule is O=C(Cc1ccc(Cl)cc1)Nc1nc(-c2ccc3c(c2)CCO3)cs1. The summed E-state index contributed by atoms with van der Waals surface area (Å²) < 4.78 is 5.53. The van der Waals surface area contributed by atoms with Gasteiger partial charge in [0.1, 0.15) is 5.75 Å². The van der Waals surface area contributed by atoms with Gasteiger partial charge in [0, 0.05) is 22.4 Å². The van der Waals surface area contributed by atoms with E-state index in [9.17, 15) is 4.79 Å². The molecule has 6 heteroatoms. The Kier molecular flexibility index (Phi) is 4.42. The number of halogens is 1. The maximum Gasteiger partial charge on any atom is 0.230 e. The zero-order valence-corrected chi connectivity index (χ0v) is 14.9. The second-order valence-electron chi connectivity index (χ2n) is 5.81. The number of fused-ring (bicyclic) bond motifs is 1. The van der Waals surface area contributed by atoms with Crippen molar-refractivity contribution in [3.05, 3.63) is 64.0 Å². The van der Waals surface area contributed by atoms with E-state index >= 15 is 0 Å². The summed E-state index contributed by atoms with van der Waals surface area (Å²) in [6.07, 6.45) is 1.22. The lowest BCUT2D eigenvalue weighted by molar-refractivity contribution is -0.115. The molecule has 1 N–H and O–H groups in total. The summed E-state index contributed by atoms with van der Waals surface area (Å²) in [5.74, 6) is 0.862. The van der Waals surface area contributed by atoms with Gasteiger partial charge in [-0.05, 0) is 41.5 Å². The first-order valence-corrected chi connectivity index (χ1v) is 9.19. The summed E-state index contributed by atoms with van der Waals surface area (Å²) >= 11 is 7.28. The molecule has 0 bridgehead atoms.